The van der Waals surface area contributed by atoms with Gasteiger partial charge in [-0.3, -0.25) is 9.59 Å². The average molecular weight is 631 g/mol. The second-order valence-corrected chi connectivity index (χ2v) is 12.6. The maximum atomic E-state index is 13.7. The highest BCUT2D eigenvalue weighted by atomic mass is 32.2. The number of sulfone groups is 1. The molecule has 43 heavy (non-hydrogen) atoms. The fourth-order valence-electron chi connectivity index (χ4n) is 5.42. The first-order valence-electron chi connectivity index (χ1n) is 12.9. The number of benzene rings is 2. The van der Waals surface area contributed by atoms with Crippen LogP contribution < -0.4 is 15.4 Å². The van der Waals surface area contributed by atoms with Crippen LogP contribution in [0.25, 0.3) is 5.69 Å². The van der Waals surface area contributed by atoms with Crippen LogP contribution in [0.2, 0.25) is 0 Å². The second-order valence-electron chi connectivity index (χ2n) is 10.5. The van der Waals surface area contributed by atoms with Crippen molar-refractivity contribution in [2.75, 3.05) is 23.9 Å². The van der Waals surface area contributed by atoms with Crippen LogP contribution in [0.3, 0.4) is 0 Å². The Labute approximate surface area is 241 Å². The van der Waals surface area contributed by atoms with E-state index in [0.29, 0.717) is 30.4 Å². The summed E-state index contributed by atoms with van der Waals surface area (Å²) in [5.41, 5.74) is -0.273. The summed E-state index contributed by atoms with van der Waals surface area (Å²) in [4.78, 5) is 26.4. The fraction of sp³-hybridized carbons (Fsp3) is 0.370. The van der Waals surface area contributed by atoms with Gasteiger partial charge in [0.1, 0.15) is 22.9 Å². The van der Waals surface area contributed by atoms with Crippen molar-refractivity contribution in [1.29, 1.82) is 0 Å². The number of halogens is 6. The minimum atomic E-state index is -4.61. The van der Waals surface area contributed by atoms with Gasteiger partial charge >= 0.3 is 12.4 Å². The molecule has 0 radical (unpaired) electrons. The molecule has 0 fully saturated rings. The van der Waals surface area contributed by atoms with Gasteiger partial charge in [-0.1, -0.05) is 6.07 Å². The van der Waals surface area contributed by atoms with Crippen molar-refractivity contribution in [3.8, 4) is 11.4 Å². The van der Waals surface area contributed by atoms with Crippen molar-refractivity contribution in [3.05, 3.63) is 70.4 Å². The number of hydrogen-bond acceptors (Lipinski definition) is 6. The van der Waals surface area contributed by atoms with Crippen LogP contribution in [-0.4, -0.2) is 54.8 Å². The molecule has 1 aliphatic heterocycles. The summed E-state index contributed by atoms with van der Waals surface area (Å²) in [5, 5.41) is 9.79. The van der Waals surface area contributed by atoms with Crippen molar-refractivity contribution >= 4 is 27.5 Å². The van der Waals surface area contributed by atoms with Gasteiger partial charge in [-0.25, -0.2) is 13.1 Å². The number of hydrogen-bond donors (Lipinski definition) is 2. The van der Waals surface area contributed by atoms with Gasteiger partial charge in [0, 0.05) is 6.26 Å². The molecule has 16 heteroatoms. The highest BCUT2D eigenvalue weighted by Crippen LogP contribution is 2.44. The summed E-state index contributed by atoms with van der Waals surface area (Å²) in [5.74, 6) is -2.77. The summed E-state index contributed by atoms with van der Waals surface area (Å²) in [6, 6.07) is 8.29. The van der Waals surface area contributed by atoms with Gasteiger partial charge < -0.3 is 15.4 Å². The first-order valence-corrected chi connectivity index (χ1v) is 14.9. The lowest BCUT2D eigenvalue weighted by atomic mass is 9.87. The summed E-state index contributed by atoms with van der Waals surface area (Å²) < 4.78 is 107. The molecule has 0 unspecified atom stereocenters. The fourth-order valence-corrected chi connectivity index (χ4v) is 5.97. The molecular weight excluding hydrogens is 606 g/mol. The lowest BCUT2D eigenvalue weighted by Crippen LogP contribution is -2.43. The van der Waals surface area contributed by atoms with E-state index in [9.17, 15) is 44.3 Å². The van der Waals surface area contributed by atoms with E-state index < -0.39 is 57.5 Å². The maximum Gasteiger partial charge on any atom is 0.422 e. The van der Waals surface area contributed by atoms with Crippen LogP contribution in [0.4, 0.5) is 32.2 Å². The molecular formula is C27H24F6N4O5S. The normalized spacial score (nSPS) is 18.5. The number of anilines is 1. The quantitative estimate of drug-likeness (QED) is 0.392. The predicted molar refractivity (Wildman–Crippen MR) is 141 cm³/mol. The molecule has 1 atom stereocenters. The zero-order valence-electron chi connectivity index (χ0n) is 22.4. The van der Waals surface area contributed by atoms with Crippen molar-refractivity contribution in [1.82, 2.24) is 15.1 Å². The van der Waals surface area contributed by atoms with Gasteiger partial charge in [0.25, 0.3) is 5.91 Å². The minimum Gasteiger partial charge on any atom is -0.484 e. The Hall–Kier alpha value is -4.08. The van der Waals surface area contributed by atoms with Gasteiger partial charge in [-0.05, 0) is 73.2 Å². The Bertz CT molecular complexity index is 1700. The molecule has 3 aromatic rings. The van der Waals surface area contributed by atoms with E-state index in [-0.39, 0.29) is 34.9 Å². The van der Waals surface area contributed by atoms with Crippen LogP contribution in [-0.2, 0) is 39.2 Å². The van der Waals surface area contributed by atoms with Gasteiger partial charge in [0.05, 0.1) is 22.5 Å². The van der Waals surface area contributed by atoms with E-state index in [1.807, 2.05) is 0 Å². The summed E-state index contributed by atoms with van der Waals surface area (Å²) in [6.07, 6.45) is -6.96. The van der Waals surface area contributed by atoms with Crippen LogP contribution >= 0.6 is 0 Å². The Morgan fingerprint density at radius 2 is 1.74 bits per heavy atom. The number of aryl methyl sites for hydroxylation is 2. The molecule has 2 heterocycles. The SMILES string of the molecule is CS(=O)(=O)CC(=O)Nc1c2c(nn1-c1ccc(C(F)(F)F)cc1)CC[C@]1(CCc3cc(OCC(F)(F)F)ccc31)NC2=O. The molecule has 1 aliphatic carbocycles. The van der Waals surface area contributed by atoms with Gasteiger partial charge in [0.2, 0.25) is 5.91 Å². The molecule has 2 N–H and O–H groups in total. The van der Waals surface area contributed by atoms with Crippen LogP contribution in [0.1, 0.15) is 45.6 Å². The van der Waals surface area contributed by atoms with E-state index in [0.717, 1.165) is 35.2 Å². The maximum absolute atomic E-state index is 13.7. The Morgan fingerprint density at radius 1 is 1.07 bits per heavy atom. The zero-order valence-corrected chi connectivity index (χ0v) is 23.2. The third kappa shape index (κ3) is 6.48. The number of amides is 2. The zero-order chi connectivity index (χ0) is 31.4. The van der Waals surface area contributed by atoms with Crippen molar-refractivity contribution in [2.45, 2.75) is 43.6 Å². The standard InChI is InChI=1S/C27H24F6N4O5S/c1-43(40,41)13-21(38)34-23-22-20(36-37(23)17-4-2-16(3-5-17)27(31,32)33)9-11-25(35-24(22)39)10-8-15-12-18(6-7-19(15)25)42-14-26(28,29)30/h2-7,12H,8-11,13-14H2,1H3,(H,34,38)(H,35,39)/t25-/m0/s1. The molecule has 2 amide bonds. The molecule has 1 spiro atoms. The van der Waals surface area contributed by atoms with Crippen molar-refractivity contribution < 1.29 is 49.1 Å². The molecule has 9 nitrogen and oxygen atoms in total. The number of nitrogens with zero attached hydrogens (tertiary/aromatic N) is 2. The summed E-state index contributed by atoms with van der Waals surface area (Å²) in [6.45, 7) is -1.45. The summed E-state index contributed by atoms with van der Waals surface area (Å²) >= 11 is 0. The largest absolute Gasteiger partial charge is 0.484 e. The summed E-state index contributed by atoms with van der Waals surface area (Å²) in [7, 11) is -3.78. The van der Waals surface area contributed by atoms with Gasteiger partial charge in [0.15, 0.2) is 16.4 Å². The Kier molecular flexibility index (Phi) is 7.47. The van der Waals surface area contributed by atoms with E-state index in [1.165, 1.54) is 12.1 Å². The molecule has 0 bridgehead atoms. The molecule has 0 saturated heterocycles. The van der Waals surface area contributed by atoms with Crippen LogP contribution in [0.5, 0.6) is 5.75 Å². The number of alkyl halides is 6. The predicted octanol–water partition coefficient (Wildman–Crippen LogP) is 4.33. The van der Waals surface area contributed by atoms with E-state index in [4.69, 9.17) is 4.74 Å². The van der Waals surface area contributed by atoms with Crippen molar-refractivity contribution in [3.63, 3.8) is 0 Å². The molecule has 230 valence electrons. The first kappa shape index (κ1) is 30.4. The van der Waals surface area contributed by atoms with Crippen molar-refractivity contribution in [2.24, 2.45) is 0 Å². The van der Waals surface area contributed by atoms with E-state index >= 15 is 0 Å². The number of carbonyl (C=O) groups is 2. The lowest BCUT2D eigenvalue weighted by molar-refractivity contribution is -0.153. The molecule has 2 aromatic carbocycles. The number of fused-ring (bicyclic) bond motifs is 3. The molecule has 5 rings (SSSR count). The second kappa shape index (κ2) is 10.6. The van der Waals surface area contributed by atoms with Crippen LogP contribution in [0, 0.1) is 0 Å². The van der Waals surface area contributed by atoms with E-state index in [1.54, 1.807) is 6.07 Å². The van der Waals surface area contributed by atoms with Crippen LogP contribution in [0.15, 0.2) is 42.5 Å². The minimum absolute atomic E-state index is 0.0279. The molecule has 2 aliphatic rings. The Morgan fingerprint density at radius 3 is 2.37 bits per heavy atom. The number of aromatic nitrogens is 2. The molecule has 1 aromatic heterocycles. The third-order valence-corrected chi connectivity index (χ3v) is 8.02. The highest BCUT2D eigenvalue weighted by molar-refractivity contribution is 7.91. The highest BCUT2D eigenvalue weighted by Gasteiger charge is 2.44. The third-order valence-electron chi connectivity index (χ3n) is 7.23. The lowest BCUT2D eigenvalue weighted by Gasteiger charge is -2.30. The molecule has 0 saturated carbocycles. The number of nitrogens with one attached hydrogen (secondary N) is 2. The first-order chi connectivity index (χ1) is 19.9. The van der Waals surface area contributed by atoms with Gasteiger partial charge in [-0.15, -0.1) is 0 Å². The Balaban J connectivity index is 1.50. The monoisotopic (exact) mass is 630 g/mol. The topological polar surface area (TPSA) is 119 Å². The number of carbonyl (C=O) groups excluding carboxylic acids is 2. The smallest absolute Gasteiger partial charge is 0.422 e. The number of rotatable bonds is 6. The van der Waals surface area contributed by atoms with Gasteiger partial charge in [-0.2, -0.15) is 31.4 Å². The number of ether oxygens (including phenoxy) is 1. The van der Waals surface area contributed by atoms with E-state index in [2.05, 4.69) is 15.7 Å². The average Bonchev–Trinajstić information content (AvgIpc) is 3.38.